The van der Waals surface area contributed by atoms with Crippen molar-refractivity contribution in [2.45, 2.75) is 26.7 Å². The van der Waals surface area contributed by atoms with Crippen LogP contribution in [-0.4, -0.2) is 23.3 Å². The summed E-state index contributed by atoms with van der Waals surface area (Å²) in [5.74, 6) is -0.518. The number of hydrogen-bond donors (Lipinski definition) is 4. The second-order valence-electron chi connectivity index (χ2n) is 6.63. The average Bonchev–Trinajstić information content (AvgIpc) is 3.07. The lowest BCUT2D eigenvalue weighted by Gasteiger charge is -2.11. The molecule has 0 bridgehead atoms. The summed E-state index contributed by atoms with van der Waals surface area (Å²) in [4.78, 5) is 27.1. The molecule has 3 aromatic rings. The summed E-state index contributed by atoms with van der Waals surface area (Å²) < 4.78 is 0. The molecule has 0 unspecified atom stereocenters. The Morgan fingerprint density at radius 3 is 2.59 bits per heavy atom. The molecule has 0 aliphatic rings. The van der Waals surface area contributed by atoms with E-state index in [1.807, 2.05) is 62.5 Å². The number of carbonyl (C=O) groups is 2. The third kappa shape index (κ3) is 4.88. The summed E-state index contributed by atoms with van der Waals surface area (Å²) in [6, 6.07) is 13.9. The molecule has 2 amide bonds. The molecule has 0 saturated carbocycles. The van der Waals surface area contributed by atoms with E-state index < -0.39 is 0 Å². The number of nitrogens with one attached hydrogen (secondary N) is 4. The van der Waals surface area contributed by atoms with E-state index in [9.17, 15) is 9.59 Å². The van der Waals surface area contributed by atoms with Gasteiger partial charge in [-0.15, -0.1) is 0 Å². The van der Waals surface area contributed by atoms with Gasteiger partial charge >= 0.3 is 0 Å². The second-order valence-corrected chi connectivity index (χ2v) is 6.63. The molecule has 6 heteroatoms. The minimum absolute atomic E-state index is 0.0899. The zero-order valence-electron chi connectivity index (χ0n) is 15.6. The van der Waals surface area contributed by atoms with Gasteiger partial charge in [0, 0.05) is 29.2 Å². The molecule has 0 saturated heterocycles. The largest absolute Gasteiger partial charge is 0.376 e. The Morgan fingerprint density at radius 1 is 1.00 bits per heavy atom. The maximum Gasteiger partial charge on any atom is 0.257 e. The zero-order valence-corrected chi connectivity index (χ0v) is 15.6. The standard InChI is InChI=1S/C21H24N4O2/c1-14-7-9-18(15(2)11-14)23-13-21(27)25-24-20(26)10-8-16-12-22-19-6-4-3-5-17(16)19/h3-7,9,11-12,22-23H,8,10,13H2,1-2H3,(H,24,26)(H,25,27). The molecule has 0 aliphatic carbocycles. The molecule has 1 aromatic heterocycles. The van der Waals surface area contributed by atoms with Gasteiger partial charge in [0.05, 0.1) is 6.54 Å². The van der Waals surface area contributed by atoms with E-state index in [0.717, 1.165) is 27.7 Å². The third-order valence-corrected chi connectivity index (χ3v) is 4.46. The zero-order chi connectivity index (χ0) is 19.2. The van der Waals surface area contributed by atoms with Crippen LogP contribution in [0.2, 0.25) is 0 Å². The number of hydrogen-bond acceptors (Lipinski definition) is 3. The highest BCUT2D eigenvalue weighted by atomic mass is 16.2. The Kier molecular flexibility index (Phi) is 5.76. The van der Waals surface area contributed by atoms with Crippen LogP contribution in [0.4, 0.5) is 5.69 Å². The van der Waals surface area contributed by atoms with Crippen molar-refractivity contribution >= 4 is 28.4 Å². The van der Waals surface area contributed by atoms with Gasteiger partial charge in [-0.3, -0.25) is 20.4 Å². The Bertz CT molecular complexity index is 962. The fourth-order valence-electron chi connectivity index (χ4n) is 3.02. The highest BCUT2D eigenvalue weighted by Gasteiger charge is 2.08. The second kappa shape index (κ2) is 8.40. The first-order valence-electron chi connectivity index (χ1n) is 8.97. The molecule has 4 N–H and O–H groups in total. The van der Waals surface area contributed by atoms with E-state index >= 15 is 0 Å². The predicted molar refractivity (Wildman–Crippen MR) is 107 cm³/mol. The van der Waals surface area contributed by atoms with Gasteiger partial charge in [0.25, 0.3) is 5.91 Å². The van der Waals surface area contributed by atoms with Crippen molar-refractivity contribution in [3.05, 3.63) is 65.4 Å². The Balaban J connectivity index is 1.41. The third-order valence-electron chi connectivity index (χ3n) is 4.46. The van der Waals surface area contributed by atoms with E-state index in [4.69, 9.17) is 0 Å². The summed E-state index contributed by atoms with van der Waals surface area (Å²) >= 11 is 0. The summed E-state index contributed by atoms with van der Waals surface area (Å²) in [6.45, 7) is 4.10. The number of hydrazine groups is 1. The van der Waals surface area contributed by atoms with Crippen LogP contribution < -0.4 is 16.2 Å². The highest BCUT2D eigenvalue weighted by Crippen LogP contribution is 2.19. The fraction of sp³-hybridized carbons (Fsp3) is 0.238. The monoisotopic (exact) mass is 364 g/mol. The van der Waals surface area contributed by atoms with Gasteiger partial charge in [-0.25, -0.2) is 0 Å². The molecule has 2 aromatic carbocycles. The van der Waals surface area contributed by atoms with E-state index in [0.29, 0.717) is 12.8 Å². The van der Waals surface area contributed by atoms with Crippen LogP contribution in [-0.2, 0) is 16.0 Å². The van der Waals surface area contributed by atoms with E-state index in [1.165, 1.54) is 5.56 Å². The van der Waals surface area contributed by atoms with E-state index in [1.54, 1.807) is 0 Å². The molecule has 0 aliphatic heterocycles. The predicted octanol–water partition coefficient (Wildman–Crippen LogP) is 2.98. The van der Waals surface area contributed by atoms with Crippen LogP contribution in [0.5, 0.6) is 0 Å². The molecule has 27 heavy (non-hydrogen) atoms. The number of fused-ring (bicyclic) bond motifs is 1. The Labute approximate surface area is 158 Å². The topological polar surface area (TPSA) is 86.0 Å². The molecule has 140 valence electrons. The van der Waals surface area contributed by atoms with Crippen LogP contribution in [0.25, 0.3) is 10.9 Å². The first-order chi connectivity index (χ1) is 13.0. The molecule has 0 spiro atoms. The van der Waals surface area contributed by atoms with Crippen molar-refractivity contribution in [2.75, 3.05) is 11.9 Å². The number of anilines is 1. The van der Waals surface area contributed by atoms with Crippen molar-refractivity contribution in [2.24, 2.45) is 0 Å². The van der Waals surface area contributed by atoms with Crippen molar-refractivity contribution < 1.29 is 9.59 Å². The number of rotatable bonds is 6. The lowest BCUT2D eigenvalue weighted by Crippen LogP contribution is -2.44. The molecular formula is C21H24N4O2. The van der Waals surface area contributed by atoms with Gasteiger partial charge in [-0.2, -0.15) is 0 Å². The number of carbonyl (C=O) groups excluding carboxylic acids is 2. The van der Waals surface area contributed by atoms with Crippen LogP contribution in [0, 0.1) is 13.8 Å². The van der Waals surface area contributed by atoms with Crippen LogP contribution in [0.15, 0.2) is 48.7 Å². The molecule has 6 nitrogen and oxygen atoms in total. The molecule has 0 fully saturated rings. The maximum absolute atomic E-state index is 12.0. The number of aromatic nitrogens is 1. The van der Waals surface area contributed by atoms with Crippen LogP contribution in [0.3, 0.4) is 0 Å². The minimum Gasteiger partial charge on any atom is -0.376 e. The number of amides is 2. The smallest absolute Gasteiger partial charge is 0.257 e. The number of aryl methyl sites for hydroxylation is 3. The van der Waals surface area contributed by atoms with Gasteiger partial charge in [-0.1, -0.05) is 35.9 Å². The molecule has 3 rings (SSSR count). The molecule has 0 atom stereocenters. The summed E-state index contributed by atoms with van der Waals surface area (Å²) in [5, 5.41) is 4.19. The lowest BCUT2D eigenvalue weighted by atomic mass is 10.1. The maximum atomic E-state index is 12.0. The van der Waals surface area contributed by atoms with Gasteiger partial charge < -0.3 is 10.3 Å². The first-order valence-corrected chi connectivity index (χ1v) is 8.97. The van der Waals surface area contributed by atoms with Crippen molar-refractivity contribution in [3.8, 4) is 0 Å². The van der Waals surface area contributed by atoms with Gasteiger partial charge in [0.2, 0.25) is 5.91 Å². The van der Waals surface area contributed by atoms with Crippen LogP contribution in [0.1, 0.15) is 23.1 Å². The fourth-order valence-corrected chi connectivity index (χ4v) is 3.02. The van der Waals surface area contributed by atoms with E-state index in [2.05, 4.69) is 21.2 Å². The Morgan fingerprint density at radius 2 is 1.78 bits per heavy atom. The normalized spacial score (nSPS) is 10.6. The minimum atomic E-state index is -0.296. The Hall–Kier alpha value is -3.28. The number of benzene rings is 2. The first kappa shape index (κ1) is 18.5. The highest BCUT2D eigenvalue weighted by molar-refractivity contribution is 5.86. The average molecular weight is 364 g/mol. The van der Waals surface area contributed by atoms with Crippen LogP contribution >= 0.6 is 0 Å². The SMILES string of the molecule is Cc1ccc(NCC(=O)NNC(=O)CCc2c[nH]c3ccccc23)c(C)c1. The summed E-state index contributed by atoms with van der Waals surface area (Å²) in [7, 11) is 0. The quantitative estimate of drug-likeness (QED) is 0.507. The van der Waals surface area contributed by atoms with Gasteiger partial charge in [0.1, 0.15) is 0 Å². The lowest BCUT2D eigenvalue weighted by molar-refractivity contribution is -0.128. The van der Waals surface area contributed by atoms with Gasteiger partial charge in [-0.05, 0) is 43.5 Å². The van der Waals surface area contributed by atoms with Crippen molar-refractivity contribution in [3.63, 3.8) is 0 Å². The number of H-pyrrole nitrogens is 1. The molecule has 0 radical (unpaired) electrons. The van der Waals surface area contributed by atoms with Crippen molar-refractivity contribution in [1.29, 1.82) is 0 Å². The molecular weight excluding hydrogens is 340 g/mol. The summed E-state index contributed by atoms with van der Waals surface area (Å²) in [6.07, 6.45) is 2.82. The van der Waals surface area contributed by atoms with Crippen molar-refractivity contribution in [1.82, 2.24) is 15.8 Å². The molecule has 1 heterocycles. The van der Waals surface area contributed by atoms with Gasteiger partial charge in [0.15, 0.2) is 0 Å². The number of para-hydroxylation sites is 1. The summed E-state index contributed by atoms with van der Waals surface area (Å²) in [5.41, 5.74) is 10.2. The van der Waals surface area contributed by atoms with E-state index in [-0.39, 0.29) is 18.4 Å². The number of aromatic amines is 1.